The topological polar surface area (TPSA) is 26.3 Å². The van der Waals surface area contributed by atoms with Gasteiger partial charge in [0.2, 0.25) is 0 Å². The van der Waals surface area contributed by atoms with E-state index in [2.05, 4.69) is 20.8 Å². The molecule has 0 radical (unpaired) electrons. The largest absolute Gasteiger partial charge is 0.496 e. The van der Waals surface area contributed by atoms with E-state index in [9.17, 15) is 4.79 Å². The van der Waals surface area contributed by atoms with Gasteiger partial charge in [0.25, 0.3) is 0 Å². The van der Waals surface area contributed by atoms with Crippen LogP contribution in [0.2, 0.25) is 0 Å². The van der Waals surface area contributed by atoms with Gasteiger partial charge in [0.05, 0.1) is 7.11 Å². The van der Waals surface area contributed by atoms with Crippen LogP contribution in [0.3, 0.4) is 0 Å². The maximum atomic E-state index is 12.3. The first-order valence-corrected chi connectivity index (χ1v) is 6.21. The summed E-state index contributed by atoms with van der Waals surface area (Å²) in [5.41, 5.74) is 1.85. The van der Waals surface area contributed by atoms with E-state index in [1.54, 1.807) is 7.11 Å². The number of carbonyl (C=O) groups is 1. The Morgan fingerprint density at radius 2 is 2.00 bits per heavy atom. The highest BCUT2D eigenvalue weighted by atomic mass is 16.5. The van der Waals surface area contributed by atoms with Crippen LogP contribution in [-0.4, -0.2) is 12.9 Å². The van der Waals surface area contributed by atoms with Crippen molar-refractivity contribution in [1.29, 1.82) is 0 Å². The molecule has 0 amide bonds. The average Bonchev–Trinajstić information content (AvgIpc) is 3.06. The maximum Gasteiger partial charge on any atom is 0.168 e. The fourth-order valence-corrected chi connectivity index (χ4v) is 2.09. The minimum absolute atomic E-state index is 0.0944. The number of ether oxygens (including phenoxy) is 1. The Labute approximate surface area is 103 Å². The zero-order chi connectivity index (χ0) is 12.6. The third kappa shape index (κ3) is 2.21. The van der Waals surface area contributed by atoms with Crippen LogP contribution < -0.4 is 4.74 Å². The van der Waals surface area contributed by atoms with Crippen LogP contribution in [0.25, 0.3) is 0 Å². The summed E-state index contributed by atoms with van der Waals surface area (Å²) in [4.78, 5) is 12.3. The van der Waals surface area contributed by atoms with Gasteiger partial charge in [-0.05, 0) is 42.5 Å². The highest BCUT2D eigenvalue weighted by molar-refractivity contribution is 6.02. The Kier molecular flexibility index (Phi) is 2.98. The second-order valence-corrected chi connectivity index (χ2v) is 5.50. The molecule has 0 N–H and O–H groups in total. The molecule has 0 aliphatic heterocycles. The molecule has 17 heavy (non-hydrogen) atoms. The Bertz CT molecular complexity index is 442. The third-order valence-corrected chi connectivity index (χ3v) is 3.66. The van der Waals surface area contributed by atoms with Crippen LogP contribution in [0.1, 0.15) is 55.5 Å². The van der Waals surface area contributed by atoms with Gasteiger partial charge in [0.1, 0.15) is 5.75 Å². The second-order valence-electron chi connectivity index (χ2n) is 5.50. The monoisotopic (exact) mass is 232 g/mol. The van der Waals surface area contributed by atoms with E-state index in [4.69, 9.17) is 4.74 Å². The first-order valence-electron chi connectivity index (χ1n) is 6.21. The van der Waals surface area contributed by atoms with Crippen molar-refractivity contribution in [2.45, 2.75) is 39.5 Å². The fraction of sp³-hybridized carbons (Fsp3) is 0.533. The van der Waals surface area contributed by atoms with Crippen molar-refractivity contribution < 1.29 is 9.53 Å². The third-order valence-electron chi connectivity index (χ3n) is 3.66. The molecule has 1 saturated carbocycles. The molecule has 1 aromatic carbocycles. The van der Waals surface area contributed by atoms with Crippen molar-refractivity contribution in [2.24, 2.45) is 5.41 Å². The van der Waals surface area contributed by atoms with Crippen molar-refractivity contribution in [3.05, 3.63) is 29.3 Å². The van der Waals surface area contributed by atoms with Crippen LogP contribution >= 0.6 is 0 Å². The van der Waals surface area contributed by atoms with E-state index in [1.807, 2.05) is 18.2 Å². The van der Waals surface area contributed by atoms with Gasteiger partial charge in [-0.3, -0.25) is 4.79 Å². The van der Waals surface area contributed by atoms with E-state index < -0.39 is 0 Å². The lowest BCUT2D eigenvalue weighted by molar-refractivity contribution is 0.0912. The van der Waals surface area contributed by atoms with Crippen LogP contribution in [0.15, 0.2) is 18.2 Å². The molecule has 2 rings (SSSR count). The molecule has 0 atom stereocenters. The molecule has 92 valence electrons. The van der Waals surface area contributed by atoms with Gasteiger partial charge in [-0.1, -0.05) is 20.8 Å². The highest BCUT2D eigenvalue weighted by Gasteiger charge is 2.45. The summed E-state index contributed by atoms with van der Waals surface area (Å²) in [5.74, 6) is 1.52. The van der Waals surface area contributed by atoms with E-state index in [1.165, 1.54) is 0 Å². The summed E-state index contributed by atoms with van der Waals surface area (Å²) < 4.78 is 5.33. The Balaban J connectivity index is 2.37. The smallest absolute Gasteiger partial charge is 0.168 e. The zero-order valence-corrected chi connectivity index (χ0v) is 11.0. The molecule has 1 aliphatic carbocycles. The molecule has 1 fully saturated rings. The van der Waals surface area contributed by atoms with Gasteiger partial charge < -0.3 is 4.74 Å². The lowest BCUT2D eigenvalue weighted by atomic mass is 9.92. The lowest BCUT2D eigenvalue weighted by Gasteiger charge is -2.14. The fourth-order valence-electron chi connectivity index (χ4n) is 2.09. The van der Waals surface area contributed by atoms with Crippen LogP contribution in [0.4, 0.5) is 0 Å². The molecule has 0 bridgehead atoms. The first-order chi connectivity index (χ1) is 7.98. The second kappa shape index (κ2) is 4.17. The van der Waals surface area contributed by atoms with E-state index in [0.717, 1.165) is 29.7 Å². The summed E-state index contributed by atoms with van der Waals surface area (Å²) in [5, 5.41) is 0. The average molecular weight is 232 g/mol. The van der Waals surface area contributed by atoms with E-state index in [-0.39, 0.29) is 11.2 Å². The van der Waals surface area contributed by atoms with Crippen molar-refractivity contribution >= 4 is 5.78 Å². The maximum absolute atomic E-state index is 12.3. The van der Waals surface area contributed by atoms with E-state index in [0.29, 0.717) is 5.92 Å². The number of Topliss-reactive ketones (excluding diaryl/α,β-unsaturated/α-hetero) is 1. The van der Waals surface area contributed by atoms with E-state index >= 15 is 0 Å². The molecule has 1 aromatic rings. The normalized spacial score (nSPS) is 17.0. The van der Waals surface area contributed by atoms with Crippen molar-refractivity contribution in [1.82, 2.24) is 0 Å². The van der Waals surface area contributed by atoms with Gasteiger partial charge in [-0.15, -0.1) is 0 Å². The minimum atomic E-state index is -0.0944. The van der Waals surface area contributed by atoms with Gasteiger partial charge in [0, 0.05) is 11.0 Å². The summed E-state index contributed by atoms with van der Waals surface area (Å²) in [6.07, 6.45) is 2.05. The van der Waals surface area contributed by atoms with Crippen LogP contribution in [0.5, 0.6) is 5.75 Å². The molecule has 0 saturated heterocycles. The lowest BCUT2D eigenvalue weighted by Crippen LogP contribution is -2.12. The predicted octanol–water partition coefficient (Wildman–Crippen LogP) is 3.80. The molecule has 0 unspecified atom stereocenters. The van der Waals surface area contributed by atoms with Gasteiger partial charge in [-0.2, -0.15) is 0 Å². The van der Waals surface area contributed by atoms with Crippen molar-refractivity contribution in [3.8, 4) is 5.75 Å². The van der Waals surface area contributed by atoms with Gasteiger partial charge >= 0.3 is 0 Å². The van der Waals surface area contributed by atoms with Crippen LogP contribution in [0, 0.1) is 5.41 Å². The number of methoxy groups -OCH3 is 1. The van der Waals surface area contributed by atoms with Crippen LogP contribution in [-0.2, 0) is 0 Å². The number of hydrogen-bond donors (Lipinski definition) is 0. The van der Waals surface area contributed by atoms with Gasteiger partial charge in [0.15, 0.2) is 5.78 Å². The Morgan fingerprint density at radius 1 is 1.35 bits per heavy atom. The molecule has 2 nitrogen and oxygen atoms in total. The highest BCUT2D eigenvalue weighted by Crippen LogP contribution is 2.47. The zero-order valence-electron chi connectivity index (χ0n) is 11.0. The molecule has 1 aliphatic rings. The summed E-state index contributed by atoms with van der Waals surface area (Å²) in [6, 6.07) is 5.79. The van der Waals surface area contributed by atoms with Gasteiger partial charge in [-0.25, -0.2) is 0 Å². The molecular weight excluding hydrogens is 212 g/mol. The molecule has 0 spiro atoms. The number of carbonyl (C=O) groups excluding carboxylic acids is 1. The Hall–Kier alpha value is -1.31. The number of benzene rings is 1. The summed E-state index contributed by atoms with van der Waals surface area (Å²) in [7, 11) is 1.67. The van der Waals surface area contributed by atoms with Crippen molar-refractivity contribution in [3.63, 3.8) is 0 Å². The Morgan fingerprint density at radius 3 is 2.47 bits per heavy atom. The molecule has 0 aromatic heterocycles. The standard InChI is InChI=1S/C15H20O2/c1-10(2)12-9-11(5-6-13(12)17-4)14(16)15(3)7-8-15/h5-6,9-10H,7-8H2,1-4H3. The predicted molar refractivity (Wildman–Crippen MR) is 68.8 cm³/mol. The number of ketones is 1. The minimum Gasteiger partial charge on any atom is -0.496 e. The quantitative estimate of drug-likeness (QED) is 0.738. The van der Waals surface area contributed by atoms with Crippen molar-refractivity contribution in [2.75, 3.05) is 7.11 Å². The summed E-state index contributed by atoms with van der Waals surface area (Å²) in [6.45, 7) is 6.28. The number of hydrogen-bond acceptors (Lipinski definition) is 2. The molecular formula is C15H20O2. The number of rotatable bonds is 4. The molecule has 0 heterocycles. The summed E-state index contributed by atoms with van der Waals surface area (Å²) >= 11 is 0. The molecule has 2 heteroatoms. The first kappa shape index (κ1) is 12.2. The SMILES string of the molecule is COc1ccc(C(=O)C2(C)CC2)cc1C(C)C.